The first-order valence-electron chi connectivity index (χ1n) is 7.57. The van der Waals surface area contributed by atoms with Gasteiger partial charge in [0, 0.05) is 10.0 Å². The number of carbonyl (C=O) groups is 2. The monoisotopic (exact) mass is 449 g/mol. The van der Waals surface area contributed by atoms with Crippen molar-refractivity contribution in [2.45, 2.75) is 0 Å². The largest absolute Gasteiger partial charge is 0.489 e. The molecule has 0 bridgehead atoms. The SMILES string of the molecule is C=CCOc1ccc(Br)cc1/C=C1\SC(=O)N(c2ccccc2Cl)C1=O. The molecule has 2 aromatic carbocycles. The summed E-state index contributed by atoms with van der Waals surface area (Å²) in [6, 6.07) is 12.2. The van der Waals surface area contributed by atoms with E-state index in [4.69, 9.17) is 16.3 Å². The number of ether oxygens (including phenoxy) is 1. The highest BCUT2D eigenvalue weighted by molar-refractivity contribution is 9.10. The van der Waals surface area contributed by atoms with Crippen LogP contribution in [0.2, 0.25) is 5.02 Å². The minimum absolute atomic E-state index is 0.302. The van der Waals surface area contributed by atoms with Crippen LogP contribution in [0.4, 0.5) is 10.5 Å². The maximum absolute atomic E-state index is 12.8. The van der Waals surface area contributed by atoms with Gasteiger partial charge >= 0.3 is 0 Å². The van der Waals surface area contributed by atoms with Crippen molar-refractivity contribution in [3.05, 3.63) is 75.1 Å². The zero-order valence-corrected chi connectivity index (χ0v) is 16.6. The van der Waals surface area contributed by atoms with Gasteiger partial charge in [-0.2, -0.15) is 0 Å². The van der Waals surface area contributed by atoms with Crippen LogP contribution in [0, 0.1) is 0 Å². The van der Waals surface area contributed by atoms with Crippen molar-refractivity contribution in [3.63, 3.8) is 0 Å². The van der Waals surface area contributed by atoms with Crippen LogP contribution in [0.3, 0.4) is 0 Å². The van der Waals surface area contributed by atoms with Crippen LogP contribution >= 0.6 is 39.3 Å². The Labute approximate surface area is 168 Å². The number of nitrogens with zero attached hydrogens (tertiary/aromatic N) is 1. The summed E-state index contributed by atoms with van der Waals surface area (Å²) in [5.74, 6) is 0.181. The number of rotatable bonds is 5. The molecule has 1 fully saturated rings. The van der Waals surface area contributed by atoms with Crippen LogP contribution in [0.5, 0.6) is 5.75 Å². The van der Waals surface area contributed by atoms with Gasteiger partial charge in [-0.3, -0.25) is 9.59 Å². The third-order valence-electron chi connectivity index (χ3n) is 3.50. The highest BCUT2D eigenvalue weighted by Gasteiger charge is 2.37. The molecule has 132 valence electrons. The van der Waals surface area contributed by atoms with Crippen molar-refractivity contribution in [2.24, 2.45) is 0 Å². The van der Waals surface area contributed by atoms with Crippen LogP contribution in [-0.4, -0.2) is 17.8 Å². The van der Waals surface area contributed by atoms with Crippen molar-refractivity contribution in [1.82, 2.24) is 0 Å². The highest BCUT2D eigenvalue weighted by atomic mass is 79.9. The lowest BCUT2D eigenvalue weighted by atomic mass is 10.2. The van der Waals surface area contributed by atoms with Crippen molar-refractivity contribution < 1.29 is 14.3 Å². The number of hydrogen-bond donors (Lipinski definition) is 0. The lowest BCUT2D eigenvalue weighted by Crippen LogP contribution is -2.27. The third-order valence-corrected chi connectivity index (χ3v) is 5.18. The number of amides is 2. The van der Waals surface area contributed by atoms with Gasteiger partial charge in [0.1, 0.15) is 12.4 Å². The Bertz CT molecular complexity index is 929. The molecule has 2 aromatic rings. The molecule has 1 aliphatic rings. The summed E-state index contributed by atoms with van der Waals surface area (Å²) >= 11 is 10.4. The Morgan fingerprint density at radius 2 is 2.00 bits per heavy atom. The molecular formula is C19H13BrClNO3S. The minimum Gasteiger partial charge on any atom is -0.489 e. The Morgan fingerprint density at radius 3 is 2.73 bits per heavy atom. The van der Waals surface area contributed by atoms with Gasteiger partial charge in [-0.25, -0.2) is 4.90 Å². The second kappa shape index (κ2) is 8.12. The van der Waals surface area contributed by atoms with E-state index in [-0.39, 0.29) is 0 Å². The molecular weight excluding hydrogens is 438 g/mol. The number of para-hydroxylation sites is 1. The first kappa shape index (κ1) is 18.8. The summed E-state index contributed by atoms with van der Waals surface area (Å²) < 4.78 is 6.45. The van der Waals surface area contributed by atoms with Gasteiger partial charge in [-0.15, -0.1) is 0 Å². The Hall–Kier alpha value is -2.02. The predicted octanol–water partition coefficient (Wildman–Crippen LogP) is 5.91. The van der Waals surface area contributed by atoms with Gasteiger partial charge in [0.2, 0.25) is 0 Å². The van der Waals surface area contributed by atoms with Crippen LogP contribution < -0.4 is 9.64 Å². The zero-order chi connectivity index (χ0) is 18.7. The molecule has 0 saturated carbocycles. The molecule has 0 N–H and O–H groups in total. The average molecular weight is 451 g/mol. The van der Waals surface area contributed by atoms with E-state index in [1.54, 1.807) is 42.5 Å². The molecule has 7 heteroatoms. The summed E-state index contributed by atoms with van der Waals surface area (Å²) in [5, 5.41) is -0.0496. The Morgan fingerprint density at radius 1 is 1.23 bits per heavy atom. The smallest absolute Gasteiger partial charge is 0.298 e. The van der Waals surface area contributed by atoms with E-state index in [1.165, 1.54) is 0 Å². The molecule has 0 aliphatic carbocycles. The van der Waals surface area contributed by atoms with E-state index < -0.39 is 11.1 Å². The van der Waals surface area contributed by atoms with E-state index in [9.17, 15) is 9.59 Å². The van der Waals surface area contributed by atoms with Gasteiger partial charge in [0.25, 0.3) is 11.1 Å². The normalized spacial score (nSPS) is 15.6. The van der Waals surface area contributed by atoms with E-state index in [0.29, 0.717) is 33.5 Å². The number of thioether (sulfide) groups is 1. The molecule has 26 heavy (non-hydrogen) atoms. The minimum atomic E-state index is -0.414. The fraction of sp³-hybridized carbons (Fsp3) is 0.0526. The lowest BCUT2D eigenvalue weighted by molar-refractivity contribution is -0.113. The molecule has 4 nitrogen and oxygen atoms in total. The quantitative estimate of drug-likeness (QED) is 0.420. The second-order valence-electron chi connectivity index (χ2n) is 5.25. The second-order valence-corrected chi connectivity index (χ2v) is 7.57. The Balaban J connectivity index is 1.97. The number of imide groups is 1. The van der Waals surface area contributed by atoms with Crippen LogP contribution in [-0.2, 0) is 4.79 Å². The van der Waals surface area contributed by atoms with Crippen molar-refractivity contribution >= 4 is 62.2 Å². The van der Waals surface area contributed by atoms with Crippen molar-refractivity contribution in [3.8, 4) is 5.75 Å². The maximum atomic E-state index is 12.8. The zero-order valence-electron chi connectivity index (χ0n) is 13.4. The molecule has 0 spiro atoms. The summed E-state index contributed by atoms with van der Waals surface area (Å²) in [5.41, 5.74) is 1.06. The predicted molar refractivity (Wildman–Crippen MR) is 110 cm³/mol. The fourth-order valence-corrected chi connectivity index (χ4v) is 3.79. The van der Waals surface area contributed by atoms with E-state index in [1.807, 2.05) is 12.1 Å². The third kappa shape index (κ3) is 3.87. The van der Waals surface area contributed by atoms with Gasteiger partial charge in [-0.1, -0.05) is 52.3 Å². The van der Waals surface area contributed by atoms with E-state index >= 15 is 0 Å². The summed E-state index contributed by atoms with van der Waals surface area (Å²) in [6.45, 7) is 3.97. The molecule has 3 rings (SSSR count). The molecule has 2 amide bonds. The first-order chi connectivity index (χ1) is 12.5. The molecule has 0 aromatic heterocycles. The van der Waals surface area contributed by atoms with Crippen LogP contribution in [0.1, 0.15) is 5.56 Å². The van der Waals surface area contributed by atoms with Gasteiger partial charge in [-0.05, 0) is 48.2 Å². The van der Waals surface area contributed by atoms with Crippen LogP contribution in [0.25, 0.3) is 6.08 Å². The molecule has 1 aliphatic heterocycles. The summed E-state index contributed by atoms with van der Waals surface area (Å²) in [7, 11) is 0. The number of carbonyl (C=O) groups excluding carboxylic acids is 2. The van der Waals surface area contributed by atoms with E-state index in [2.05, 4.69) is 22.5 Å². The Kier molecular flexibility index (Phi) is 5.86. The topological polar surface area (TPSA) is 46.6 Å². The molecule has 0 atom stereocenters. The van der Waals surface area contributed by atoms with Gasteiger partial charge in [0.05, 0.1) is 15.6 Å². The van der Waals surface area contributed by atoms with E-state index in [0.717, 1.165) is 21.1 Å². The number of halogens is 2. The average Bonchev–Trinajstić information content (AvgIpc) is 2.88. The number of hydrogen-bond acceptors (Lipinski definition) is 4. The highest BCUT2D eigenvalue weighted by Crippen LogP contribution is 2.39. The first-order valence-corrected chi connectivity index (χ1v) is 9.55. The lowest BCUT2D eigenvalue weighted by Gasteiger charge is -2.13. The maximum Gasteiger partial charge on any atom is 0.298 e. The summed E-state index contributed by atoms with van der Waals surface area (Å²) in [4.78, 5) is 26.5. The standard InChI is InChI=1S/C19H13BrClNO3S/c1-2-9-25-16-8-7-13(20)10-12(16)11-17-18(23)22(19(24)26-17)15-6-4-3-5-14(15)21/h2-8,10-11H,1,9H2/b17-11-. The molecule has 0 radical (unpaired) electrons. The number of benzene rings is 2. The summed E-state index contributed by atoms with van der Waals surface area (Å²) in [6.07, 6.45) is 3.28. The van der Waals surface area contributed by atoms with Gasteiger partial charge in [0.15, 0.2) is 0 Å². The fourth-order valence-electron chi connectivity index (χ4n) is 2.36. The molecule has 0 unspecified atom stereocenters. The van der Waals surface area contributed by atoms with Crippen LogP contribution in [0.15, 0.2) is 64.5 Å². The van der Waals surface area contributed by atoms with Crippen molar-refractivity contribution in [2.75, 3.05) is 11.5 Å². The molecule has 1 saturated heterocycles. The molecule has 1 heterocycles. The van der Waals surface area contributed by atoms with Gasteiger partial charge < -0.3 is 4.74 Å². The number of anilines is 1. The van der Waals surface area contributed by atoms with Crippen molar-refractivity contribution in [1.29, 1.82) is 0 Å².